The summed E-state index contributed by atoms with van der Waals surface area (Å²) >= 11 is 1.44. The zero-order chi connectivity index (χ0) is 17.5. The molecule has 0 unspecified atom stereocenters. The first-order valence-corrected chi connectivity index (χ1v) is 8.98. The lowest BCUT2D eigenvalue weighted by molar-refractivity contribution is -0.111. The molecule has 132 valence electrons. The van der Waals surface area contributed by atoms with E-state index in [-0.39, 0.29) is 5.91 Å². The summed E-state index contributed by atoms with van der Waals surface area (Å²) in [5.41, 5.74) is 1.88. The Bertz CT molecular complexity index is 739. The van der Waals surface area contributed by atoms with Gasteiger partial charge in [0.05, 0.1) is 26.0 Å². The molecule has 1 saturated heterocycles. The number of morpholine rings is 1. The minimum Gasteiger partial charge on any atom is -0.497 e. The fraction of sp³-hybridized carbons (Fsp3) is 0.333. The van der Waals surface area contributed by atoms with Crippen LogP contribution in [0.3, 0.4) is 0 Å². The Morgan fingerprint density at radius 2 is 2.28 bits per heavy atom. The van der Waals surface area contributed by atoms with E-state index in [1.807, 2.05) is 29.6 Å². The van der Waals surface area contributed by atoms with Gasteiger partial charge < -0.3 is 9.47 Å². The number of benzene rings is 1. The molecule has 25 heavy (non-hydrogen) atoms. The van der Waals surface area contributed by atoms with E-state index in [9.17, 15) is 4.79 Å². The largest absolute Gasteiger partial charge is 0.497 e. The van der Waals surface area contributed by atoms with Crippen molar-refractivity contribution >= 4 is 28.5 Å². The van der Waals surface area contributed by atoms with Gasteiger partial charge in [-0.3, -0.25) is 15.0 Å². The Morgan fingerprint density at radius 3 is 3.08 bits per heavy atom. The molecule has 1 amide bonds. The lowest BCUT2D eigenvalue weighted by Gasteiger charge is -2.25. The molecule has 0 bridgehead atoms. The smallest absolute Gasteiger partial charge is 0.250 e. The molecule has 1 aromatic carbocycles. The van der Waals surface area contributed by atoms with Crippen LogP contribution in [0.5, 0.6) is 5.75 Å². The summed E-state index contributed by atoms with van der Waals surface area (Å²) in [6.45, 7) is 4.16. The van der Waals surface area contributed by atoms with E-state index in [1.165, 1.54) is 17.4 Å². The molecule has 7 heteroatoms. The van der Waals surface area contributed by atoms with Gasteiger partial charge in [0.2, 0.25) is 5.91 Å². The molecule has 0 saturated carbocycles. The first-order valence-electron chi connectivity index (χ1n) is 8.10. The molecule has 1 aliphatic heterocycles. The summed E-state index contributed by atoms with van der Waals surface area (Å²) in [5, 5.41) is 5.40. The molecule has 1 aromatic heterocycles. The van der Waals surface area contributed by atoms with Crippen molar-refractivity contribution in [3.8, 4) is 5.75 Å². The Balaban J connectivity index is 1.53. The molecule has 6 nitrogen and oxygen atoms in total. The second-order valence-corrected chi connectivity index (χ2v) is 6.49. The highest BCUT2D eigenvalue weighted by molar-refractivity contribution is 7.13. The Kier molecular flexibility index (Phi) is 6.16. The predicted molar refractivity (Wildman–Crippen MR) is 98.9 cm³/mol. The number of nitrogens with zero attached hydrogens (tertiary/aromatic N) is 2. The highest BCUT2D eigenvalue weighted by Crippen LogP contribution is 2.18. The summed E-state index contributed by atoms with van der Waals surface area (Å²) in [7, 11) is 1.62. The maximum Gasteiger partial charge on any atom is 0.250 e. The summed E-state index contributed by atoms with van der Waals surface area (Å²) < 4.78 is 10.5. The monoisotopic (exact) mass is 359 g/mol. The van der Waals surface area contributed by atoms with Crippen LogP contribution in [0.1, 0.15) is 11.3 Å². The minimum atomic E-state index is -0.199. The number of hydrogen-bond acceptors (Lipinski definition) is 6. The van der Waals surface area contributed by atoms with Crippen LogP contribution in [-0.2, 0) is 16.1 Å². The Morgan fingerprint density at radius 1 is 1.44 bits per heavy atom. The fourth-order valence-corrected chi connectivity index (χ4v) is 3.19. The first-order chi connectivity index (χ1) is 12.2. The van der Waals surface area contributed by atoms with Crippen LogP contribution in [0.4, 0.5) is 5.13 Å². The molecular weight excluding hydrogens is 338 g/mol. The van der Waals surface area contributed by atoms with Crippen molar-refractivity contribution in [1.82, 2.24) is 9.88 Å². The Hall–Kier alpha value is -2.22. The molecule has 2 aromatic rings. The number of rotatable bonds is 6. The third-order valence-corrected chi connectivity index (χ3v) is 4.60. The number of carbonyl (C=O) groups is 1. The van der Waals surface area contributed by atoms with Crippen LogP contribution >= 0.6 is 11.3 Å². The van der Waals surface area contributed by atoms with E-state index in [1.54, 1.807) is 13.2 Å². The number of amides is 1. The van der Waals surface area contributed by atoms with Crippen LogP contribution in [0.25, 0.3) is 6.08 Å². The number of hydrogen-bond donors (Lipinski definition) is 1. The van der Waals surface area contributed by atoms with Crippen molar-refractivity contribution in [2.75, 3.05) is 38.7 Å². The number of methoxy groups -OCH3 is 1. The molecule has 1 fully saturated rings. The predicted octanol–water partition coefficient (Wildman–Crippen LogP) is 2.64. The highest BCUT2D eigenvalue weighted by atomic mass is 32.1. The van der Waals surface area contributed by atoms with Crippen molar-refractivity contribution < 1.29 is 14.3 Å². The van der Waals surface area contributed by atoms with Gasteiger partial charge in [0, 0.05) is 31.1 Å². The topological polar surface area (TPSA) is 63.7 Å². The number of anilines is 1. The number of nitrogens with one attached hydrogen (secondary N) is 1. The summed E-state index contributed by atoms with van der Waals surface area (Å²) in [6.07, 6.45) is 3.25. The molecule has 0 radical (unpaired) electrons. The molecule has 1 N–H and O–H groups in total. The standard InChI is InChI=1S/C18H21N3O3S/c1-23-16-4-2-3-14(11-16)5-6-17(22)20-18-19-15(13-25-18)12-21-7-9-24-10-8-21/h2-6,11,13H,7-10,12H2,1H3,(H,19,20,22). The summed E-state index contributed by atoms with van der Waals surface area (Å²) in [4.78, 5) is 18.8. The van der Waals surface area contributed by atoms with Gasteiger partial charge in [0.1, 0.15) is 5.75 Å². The van der Waals surface area contributed by atoms with Crippen LogP contribution in [0, 0.1) is 0 Å². The van der Waals surface area contributed by atoms with E-state index in [2.05, 4.69) is 15.2 Å². The molecule has 0 atom stereocenters. The van der Waals surface area contributed by atoms with Crippen LogP contribution in [0.2, 0.25) is 0 Å². The van der Waals surface area contributed by atoms with Gasteiger partial charge in [-0.1, -0.05) is 12.1 Å². The maximum absolute atomic E-state index is 12.1. The average Bonchev–Trinajstić information content (AvgIpc) is 3.08. The Labute approximate surface area is 151 Å². The average molecular weight is 359 g/mol. The van der Waals surface area contributed by atoms with E-state index >= 15 is 0 Å². The van der Waals surface area contributed by atoms with Gasteiger partial charge in [0.15, 0.2) is 5.13 Å². The summed E-state index contributed by atoms with van der Waals surface area (Å²) in [5.74, 6) is 0.560. The molecule has 0 spiro atoms. The van der Waals surface area contributed by atoms with Crippen LogP contribution < -0.4 is 10.1 Å². The summed E-state index contributed by atoms with van der Waals surface area (Å²) in [6, 6.07) is 7.53. The van der Waals surface area contributed by atoms with Crippen LogP contribution in [-0.4, -0.2) is 49.2 Å². The number of aromatic nitrogens is 1. The fourth-order valence-electron chi connectivity index (χ4n) is 2.49. The first kappa shape index (κ1) is 17.6. The van der Waals surface area contributed by atoms with E-state index in [0.717, 1.165) is 49.9 Å². The van der Waals surface area contributed by atoms with Crippen molar-refractivity contribution in [3.05, 3.63) is 47.0 Å². The van der Waals surface area contributed by atoms with Gasteiger partial charge in [-0.05, 0) is 23.8 Å². The van der Waals surface area contributed by atoms with Gasteiger partial charge in [-0.25, -0.2) is 4.98 Å². The number of thiazole rings is 1. The molecule has 3 rings (SSSR count). The molecule has 1 aliphatic rings. The van der Waals surface area contributed by atoms with E-state index < -0.39 is 0 Å². The van der Waals surface area contributed by atoms with E-state index in [4.69, 9.17) is 9.47 Å². The van der Waals surface area contributed by atoms with Gasteiger partial charge in [0.25, 0.3) is 0 Å². The van der Waals surface area contributed by atoms with E-state index in [0.29, 0.717) is 5.13 Å². The van der Waals surface area contributed by atoms with Crippen LogP contribution in [0.15, 0.2) is 35.7 Å². The van der Waals surface area contributed by atoms with Gasteiger partial charge in [-0.15, -0.1) is 11.3 Å². The molecule has 2 heterocycles. The van der Waals surface area contributed by atoms with Gasteiger partial charge >= 0.3 is 0 Å². The third kappa shape index (κ3) is 5.38. The SMILES string of the molecule is COc1cccc(C=CC(=O)Nc2nc(CN3CCOCC3)cs2)c1. The molecular formula is C18H21N3O3S. The highest BCUT2D eigenvalue weighted by Gasteiger charge is 2.13. The number of carbonyl (C=O) groups excluding carboxylic acids is 1. The van der Waals surface area contributed by atoms with Gasteiger partial charge in [-0.2, -0.15) is 0 Å². The second-order valence-electron chi connectivity index (χ2n) is 5.63. The van der Waals surface area contributed by atoms with Crippen molar-refractivity contribution in [2.24, 2.45) is 0 Å². The maximum atomic E-state index is 12.1. The number of ether oxygens (including phenoxy) is 2. The minimum absolute atomic E-state index is 0.199. The lowest BCUT2D eigenvalue weighted by Crippen LogP contribution is -2.35. The zero-order valence-electron chi connectivity index (χ0n) is 14.1. The normalized spacial score (nSPS) is 15.4. The lowest BCUT2D eigenvalue weighted by atomic mass is 10.2. The zero-order valence-corrected chi connectivity index (χ0v) is 14.9. The second kappa shape index (κ2) is 8.75. The van der Waals surface area contributed by atoms with Crippen molar-refractivity contribution in [1.29, 1.82) is 0 Å². The quantitative estimate of drug-likeness (QED) is 0.804. The third-order valence-electron chi connectivity index (χ3n) is 3.79. The van der Waals surface area contributed by atoms with Crippen molar-refractivity contribution in [3.63, 3.8) is 0 Å². The molecule has 0 aliphatic carbocycles. The van der Waals surface area contributed by atoms with Crippen molar-refractivity contribution in [2.45, 2.75) is 6.54 Å².